The zero-order valence-electron chi connectivity index (χ0n) is 10.6. The third-order valence-electron chi connectivity index (χ3n) is 3.24. The third kappa shape index (κ3) is 2.06. The predicted octanol–water partition coefficient (Wildman–Crippen LogP) is 0.907. The Balaban J connectivity index is 1.86. The highest BCUT2D eigenvalue weighted by atomic mass is 32.1. The number of rotatable bonds is 2. The predicted molar refractivity (Wildman–Crippen MR) is 75.4 cm³/mol. The van der Waals surface area contributed by atoms with Gasteiger partial charge in [0.25, 0.3) is 5.91 Å². The van der Waals surface area contributed by atoms with Gasteiger partial charge < -0.3 is 20.5 Å². The van der Waals surface area contributed by atoms with Crippen molar-refractivity contribution in [2.75, 3.05) is 24.2 Å². The van der Waals surface area contributed by atoms with E-state index < -0.39 is 0 Å². The summed E-state index contributed by atoms with van der Waals surface area (Å²) in [6.07, 6.45) is 3.81. The molecule has 3 N–H and O–H groups in total. The average molecular weight is 277 g/mol. The number of hydrogen-bond donors (Lipinski definition) is 2. The summed E-state index contributed by atoms with van der Waals surface area (Å²) in [7, 11) is 1.61. The van der Waals surface area contributed by atoms with Gasteiger partial charge in [-0.1, -0.05) is 0 Å². The number of amides is 1. The number of nitrogens with two attached hydrogens (primary N) is 1. The van der Waals surface area contributed by atoms with Gasteiger partial charge in [0.05, 0.1) is 17.2 Å². The van der Waals surface area contributed by atoms with E-state index in [0.717, 1.165) is 30.5 Å². The standard InChI is InChI=1S/C12H15N5OS/c1-14-12(18)11-8(13)6-10(19-11)17-5-4-16-3-2-15-9(16)7-17/h2-3,6H,4-5,7,13H2,1H3,(H,14,18). The number of nitrogen functional groups attached to an aromatic ring is 1. The molecule has 2 aromatic heterocycles. The topological polar surface area (TPSA) is 76.2 Å². The van der Waals surface area contributed by atoms with Crippen LogP contribution in [0.5, 0.6) is 0 Å². The monoisotopic (exact) mass is 277 g/mol. The van der Waals surface area contributed by atoms with E-state index in [1.165, 1.54) is 11.3 Å². The molecule has 3 rings (SSSR count). The number of thiophene rings is 1. The molecule has 0 fully saturated rings. The minimum Gasteiger partial charge on any atom is -0.397 e. The van der Waals surface area contributed by atoms with Gasteiger partial charge in [0.1, 0.15) is 10.7 Å². The van der Waals surface area contributed by atoms with Crippen LogP contribution in [0.25, 0.3) is 0 Å². The van der Waals surface area contributed by atoms with Crippen molar-refractivity contribution in [3.8, 4) is 0 Å². The third-order valence-corrected chi connectivity index (χ3v) is 4.45. The van der Waals surface area contributed by atoms with Crippen molar-refractivity contribution in [1.29, 1.82) is 0 Å². The average Bonchev–Trinajstić information content (AvgIpc) is 3.03. The first-order valence-electron chi connectivity index (χ1n) is 6.05. The van der Waals surface area contributed by atoms with Gasteiger partial charge in [-0.2, -0.15) is 0 Å². The van der Waals surface area contributed by atoms with Crippen molar-refractivity contribution in [2.24, 2.45) is 0 Å². The van der Waals surface area contributed by atoms with Crippen LogP contribution in [0, 0.1) is 0 Å². The van der Waals surface area contributed by atoms with Gasteiger partial charge in [-0.15, -0.1) is 11.3 Å². The molecule has 0 bridgehead atoms. The molecule has 0 aromatic carbocycles. The molecule has 7 heteroatoms. The van der Waals surface area contributed by atoms with Crippen LogP contribution >= 0.6 is 11.3 Å². The molecule has 0 saturated heterocycles. The number of carbonyl (C=O) groups excluding carboxylic acids is 1. The van der Waals surface area contributed by atoms with E-state index in [0.29, 0.717) is 10.6 Å². The molecule has 1 aliphatic rings. The van der Waals surface area contributed by atoms with E-state index >= 15 is 0 Å². The first kappa shape index (κ1) is 12.0. The Hall–Kier alpha value is -2.02. The Labute approximate surface area is 114 Å². The van der Waals surface area contributed by atoms with E-state index in [1.807, 2.05) is 18.5 Å². The van der Waals surface area contributed by atoms with Gasteiger partial charge in [-0.25, -0.2) is 4.98 Å². The summed E-state index contributed by atoms with van der Waals surface area (Å²) < 4.78 is 2.15. The van der Waals surface area contributed by atoms with E-state index in [-0.39, 0.29) is 5.91 Å². The number of hydrogen-bond acceptors (Lipinski definition) is 5. The van der Waals surface area contributed by atoms with E-state index in [4.69, 9.17) is 5.73 Å². The second-order valence-corrected chi connectivity index (χ2v) is 5.44. The Morgan fingerprint density at radius 3 is 3.16 bits per heavy atom. The van der Waals surface area contributed by atoms with E-state index in [2.05, 4.69) is 19.8 Å². The van der Waals surface area contributed by atoms with Crippen molar-refractivity contribution < 1.29 is 4.79 Å². The molecule has 0 atom stereocenters. The minimum absolute atomic E-state index is 0.132. The van der Waals surface area contributed by atoms with Crippen LogP contribution in [0.1, 0.15) is 15.5 Å². The van der Waals surface area contributed by atoms with Crippen molar-refractivity contribution in [3.63, 3.8) is 0 Å². The number of fused-ring (bicyclic) bond motifs is 1. The first-order chi connectivity index (χ1) is 9.19. The van der Waals surface area contributed by atoms with Crippen LogP contribution in [-0.2, 0) is 13.1 Å². The molecule has 6 nitrogen and oxygen atoms in total. The number of anilines is 2. The molecule has 100 valence electrons. The van der Waals surface area contributed by atoms with Crippen molar-refractivity contribution in [2.45, 2.75) is 13.1 Å². The normalized spacial score (nSPS) is 14.3. The first-order valence-corrected chi connectivity index (χ1v) is 6.87. The fraction of sp³-hybridized carbons (Fsp3) is 0.333. The number of nitrogens with one attached hydrogen (secondary N) is 1. The highest BCUT2D eigenvalue weighted by Crippen LogP contribution is 2.33. The molecule has 0 unspecified atom stereocenters. The maximum atomic E-state index is 11.7. The SMILES string of the molecule is CNC(=O)c1sc(N2CCn3ccnc3C2)cc1N. The maximum absolute atomic E-state index is 11.7. The van der Waals surface area contributed by atoms with Gasteiger partial charge >= 0.3 is 0 Å². The lowest BCUT2D eigenvalue weighted by molar-refractivity contribution is 0.0968. The molecule has 1 aliphatic heterocycles. The Morgan fingerprint density at radius 1 is 1.53 bits per heavy atom. The second kappa shape index (κ2) is 4.58. The van der Waals surface area contributed by atoms with Crippen LogP contribution in [0.3, 0.4) is 0 Å². The van der Waals surface area contributed by atoms with Crippen molar-refractivity contribution in [3.05, 3.63) is 29.2 Å². The van der Waals surface area contributed by atoms with Gasteiger partial charge in [0.2, 0.25) is 0 Å². The van der Waals surface area contributed by atoms with Crippen molar-refractivity contribution in [1.82, 2.24) is 14.9 Å². The lowest BCUT2D eigenvalue weighted by atomic mass is 10.3. The molecule has 0 saturated carbocycles. The summed E-state index contributed by atoms with van der Waals surface area (Å²) in [6, 6.07) is 1.87. The number of aromatic nitrogens is 2. The van der Waals surface area contributed by atoms with Crippen molar-refractivity contribution >= 4 is 27.9 Å². The van der Waals surface area contributed by atoms with Crippen LogP contribution in [0.15, 0.2) is 18.5 Å². The Morgan fingerprint density at radius 2 is 2.37 bits per heavy atom. The molecular formula is C12H15N5OS. The Kier molecular flexibility index (Phi) is 2.90. The minimum atomic E-state index is -0.132. The fourth-order valence-corrected chi connectivity index (χ4v) is 3.25. The largest absolute Gasteiger partial charge is 0.397 e. The van der Waals surface area contributed by atoms with E-state index in [1.54, 1.807) is 7.05 Å². The highest BCUT2D eigenvalue weighted by Gasteiger charge is 2.21. The molecule has 19 heavy (non-hydrogen) atoms. The lowest BCUT2D eigenvalue weighted by Gasteiger charge is -2.28. The Bertz CT molecular complexity index is 617. The van der Waals surface area contributed by atoms with Crippen LogP contribution in [-0.4, -0.2) is 29.1 Å². The molecule has 1 amide bonds. The fourth-order valence-electron chi connectivity index (χ4n) is 2.20. The summed E-state index contributed by atoms with van der Waals surface area (Å²) >= 11 is 1.43. The molecule has 0 aliphatic carbocycles. The van der Waals surface area contributed by atoms with Crippen LogP contribution < -0.4 is 16.0 Å². The van der Waals surface area contributed by atoms with Gasteiger partial charge in [-0.05, 0) is 6.07 Å². The molecule has 0 radical (unpaired) electrons. The summed E-state index contributed by atoms with van der Waals surface area (Å²) in [4.78, 5) is 18.8. The van der Waals surface area contributed by atoms with Crippen LogP contribution in [0.2, 0.25) is 0 Å². The molecule has 0 spiro atoms. The summed E-state index contributed by atoms with van der Waals surface area (Å²) in [5, 5.41) is 3.63. The van der Waals surface area contributed by atoms with Gasteiger partial charge in [0, 0.05) is 32.5 Å². The molecular weight excluding hydrogens is 262 g/mol. The van der Waals surface area contributed by atoms with Gasteiger partial charge in [-0.3, -0.25) is 4.79 Å². The molecule has 3 heterocycles. The zero-order valence-corrected chi connectivity index (χ0v) is 11.4. The highest BCUT2D eigenvalue weighted by molar-refractivity contribution is 7.18. The summed E-state index contributed by atoms with van der Waals surface area (Å²) in [6.45, 7) is 2.55. The molecule has 2 aromatic rings. The van der Waals surface area contributed by atoms with Crippen LogP contribution in [0.4, 0.5) is 10.7 Å². The number of nitrogens with zero attached hydrogens (tertiary/aromatic N) is 3. The number of imidazole rings is 1. The van der Waals surface area contributed by atoms with Gasteiger partial charge in [0.15, 0.2) is 0 Å². The lowest BCUT2D eigenvalue weighted by Crippen LogP contribution is -2.33. The number of carbonyl (C=O) groups is 1. The second-order valence-electron chi connectivity index (χ2n) is 4.41. The summed E-state index contributed by atoms with van der Waals surface area (Å²) in [5.41, 5.74) is 6.44. The quantitative estimate of drug-likeness (QED) is 0.855. The smallest absolute Gasteiger partial charge is 0.263 e. The maximum Gasteiger partial charge on any atom is 0.263 e. The summed E-state index contributed by atoms with van der Waals surface area (Å²) in [5.74, 6) is 0.909. The van der Waals surface area contributed by atoms with E-state index in [9.17, 15) is 4.79 Å². The zero-order chi connectivity index (χ0) is 13.4.